The highest BCUT2D eigenvalue weighted by Gasteiger charge is 2.05. The molecule has 1 heteroatoms. The topological polar surface area (TPSA) is 3.24 Å². The lowest BCUT2D eigenvalue weighted by atomic mass is 9.93. The molecule has 0 aromatic heterocycles. The molecule has 1 nitrogen and oxygen atoms in total. The molecule has 0 bridgehead atoms. The van der Waals surface area contributed by atoms with Gasteiger partial charge >= 0.3 is 0 Å². The van der Waals surface area contributed by atoms with Gasteiger partial charge < -0.3 is 4.90 Å². The lowest BCUT2D eigenvalue weighted by Crippen LogP contribution is -2.12. The minimum absolute atomic E-state index is 0.807. The van der Waals surface area contributed by atoms with Gasteiger partial charge in [-0.1, -0.05) is 159 Å². The number of unbranched alkanes of at least 4 members (excludes halogenated alkanes) is 22. The van der Waals surface area contributed by atoms with E-state index < -0.39 is 0 Å². The molecule has 0 saturated carbocycles. The molecule has 0 aromatic rings. The maximum absolute atomic E-state index is 2.59. The number of nitrogens with zero attached hydrogens (tertiary/aromatic N) is 1. The van der Waals surface area contributed by atoms with Crippen LogP contribution in [0.15, 0.2) is 48.6 Å². The van der Waals surface area contributed by atoms with E-state index in [1.807, 2.05) is 0 Å². The van der Waals surface area contributed by atoms with Crippen molar-refractivity contribution >= 4 is 0 Å². The van der Waals surface area contributed by atoms with Crippen LogP contribution in [0.2, 0.25) is 0 Å². The van der Waals surface area contributed by atoms with E-state index in [1.54, 1.807) is 0 Å². The van der Waals surface area contributed by atoms with E-state index in [0.717, 1.165) is 5.92 Å². The summed E-state index contributed by atoms with van der Waals surface area (Å²) in [5, 5.41) is 0. The van der Waals surface area contributed by atoms with E-state index in [1.165, 1.54) is 199 Å². The van der Waals surface area contributed by atoms with Crippen molar-refractivity contribution in [1.82, 2.24) is 4.90 Å². The second-order valence-electron chi connectivity index (χ2n) is 14.2. The van der Waals surface area contributed by atoms with Crippen molar-refractivity contribution in [3.05, 3.63) is 48.6 Å². The Morgan fingerprint density at radius 1 is 0.356 bits per heavy atom. The van der Waals surface area contributed by atoms with Crippen molar-refractivity contribution in [2.75, 3.05) is 20.6 Å². The highest BCUT2D eigenvalue weighted by Crippen LogP contribution is 2.21. The molecular formula is C44H83N. The van der Waals surface area contributed by atoms with Crippen LogP contribution in [0.3, 0.4) is 0 Å². The van der Waals surface area contributed by atoms with Gasteiger partial charge in [-0.25, -0.2) is 0 Å². The van der Waals surface area contributed by atoms with Gasteiger partial charge in [0.1, 0.15) is 0 Å². The van der Waals surface area contributed by atoms with Crippen LogP contribution in [0, 0.1) is 5.92 Å². The van der Waals surface area contributed by atoms with Crippen LogP contribution in [0.1, 0.15) is 206 Å². The third kappa shape index (κ3) is 39.0. The summed E-state index contributed by atoms with van der Waals surface area (Å²) in [5.74, 6) is 0.807. The van der Waals surface area contributed by atoms with E-state index in [4.69, 9.17) is 0 Å². The van der Waals surface area contributed by atoms with Gasteiger partial charge in [0.25, 0.3) is 0 Å². The third-order valence-electron chi connectivity index (χ3n) is 9.22. The molecule has 0 radical (unpaired) electrons. The van der Waals surface area contributed by atoms with Crippen molar-refractivity contribution < 1.29 is 0 Å². The Balaban J connectivity index is 3.91. The van der Waals surface area contributed by atoms with Gasteiger partial charge in [-0.2, -0.15) is 0 Å². The normalized spacial score (nSPS) is 13.2. The van der Waals surface area contributed by atoms with E-state index in [9.17, 15) is 0 Å². The fourth-order valence-electron chi connectivity index (χ4n) is 6.16. The Labute approximate surface area is 285 Å². The number of hydrogen-bond acceptors (Lipinski definition) is 1. The van der Waals surface area contributed by atoms with Crippen LogP contribution in [-0.4, -0.2) is 25.5 Å². The van der Waals surface area contributed by atoms with Gasteiger partial charge in [0, 0.05) is 0 Å². The van der Waals surface area contributed by atoms with Crippen molar-refractivity contribution in [3.8, 4) is 0 Å². The maximum Gasteiger partial charge on any atom is -0.00219 e. The predicted octanol–water partition coefficient (Wildman–Crippen LogP) is 15.1. The van der Waals surface area contributed by atoms with Crippen LogP contribution in [0.25, 0.3) is 0 Å². The van der Waals surface area contributed by atoms with Gasteiger partial charge in [0.05, 0.1) is 0 Å². The van der Waals surface area contributed by atoms with Crippen molar-refractivity contribution in [2.45, 2.75) is 206 Å². The molecule has 45 heavy (non-hydrogen) atoms. The predicted molar refractivity (Wildman–Crippen MR) is 208 cm³/mol. The molecule has 0 spiro atoms. The molecule has 264 valence electrons. The Hall–Kier alpha value is -1.08. The van der Waals surface area contributed by atoms with Crippen molar-refractivity contribution in [3.63, 3.8) is 0 Å². The molecule has 0 aliphatic heterocycles. The summed E-state index contributed by atoms with van der Waals surface area (Å²) in [6.07, 6.45) is 60.6. The lowest BCUT2D eigenvalue weighted by molar-refractivity contribution is 0.401. The van der Waals surface area contributed by atoms with Crippen LogP contribution >= 0.6 is 0 Å². The molecule has 1 unspecified atom stereocenters. The van der Waals surface area contributed by atoms with Gasteiger partial charge in [-0.3, -0.25) is 0 Å². The molecule has 0 N–H and O–H groups in total. The summed E-state index contributed by atoms with van der Waals surface area (Å²) >= 11 is 0. The fraction of sp³-hybridized carbons (Fsp3) is 0.818. The zero-order valence-electron chi connectivity index (χ0n) is 31.6. The zero-order valence-corrected chi connectivity index (χ0v) is 31.6. The highest BCUT2D eigenvalue weighted by molar-refractivity contribution is 4.89. The fourth-order valence-corrected chi connectivity index (χ4v) is 6.16. The van der Waals surface area contributed by atoms with Crippen LogP contribution in [-0.2, 0) is 0 Å². The molecule has 0 aliphatic carbocycles. The average Bonchev–Trinajstić information content (AvgIpc) is 3.03. The molecular weight excluding hydrogens is 542 g/mol. The Morgan fingerprint density at radius 2 is 0.689 bits per heavy atom. The Bertz CT molecular complexity index is 654. The summed E-state index contributed by atoms with van der Waals surface area (Å²) in [7, 11) is 4.37. The maximum atomic E-state index is 2.59. The SMILES string of the molecule is CCCCC/C=C\CCC/C=C/CCCCCCC(/C=C/CCCN(C)C)CCCCCCCC/C=C\CCCCCCCC. The Kier molecular flexibility index (Phi) is 38.2. The molecule has 0 aliphatic rings. The van der Waals surface area contributed by atoms with E-state index in [-0.39, 0.29) is 0 Å². The highest BCUT2D eigenvalue weighted by atomic mass is 15.0. The molecule has 0 rings (SSSR count). The molecule has 0 saturated heterocycles. The quantitative estimate of drug-likeness (QED) is 0.0494. The lowest BCUT2D eigenvalue weighted by Gasteiger charge is -2.13. The first-order chi connectivity index (χ1) is 22.2. The summed E-state index contributed by atoms with van der Waals surface area (Å²) in [5.41, 5.74) is 0. The van der Waals surface area contributed by atoms with Gasteiger partial charge in [0.15, 0.2) is 0 Å². The summed E-state index contributed by atoms with van der Waals surface area (Å²) in [6.45, 7) is 5.78. The second kappa shape index (κ2) is 39.1. The third-order valence-corrected chi connectivity index (χ3v) is 9.22. The van der Waals surface area contributed by atoms with Crippen LogP contribution in [0.5, 0.6) is 0 Å². The van der Waals surface area contributed by atoms with Gasteiger partial charge in [-0.05, 0) is 123 Å². The number of allylic oxidation sites excluding steroid dienone is 8. The molecule has 1 atom stereocenters. The first kappa shape index (κ1) is 43.9. The molecule has 0 aromatic carbocycles. The van der Waals surface area contributed by atoms with Crippen molar-refractivity contribution in [2.24, 2.45) is 5.92 Å². The van der Waals surface area contributed by atoms with Crippen molar-refractivity contribution in [1.29, 1.82) is 0 Å². The molecule has 0 fully saturated rings. The standard InChI is InChI=1S/C44H83N/c1-5-7-9-11-13-15-17-19-21-23-25-27-29-31-33-36-40-44(42-38-35-39-43-45(3)4)41-37-34-32-30-28-26-24-22-20-18-16-14-12-10-8-6-2/h13,15,20,22-23,25,38,42,44H,5-12,14,16-19,21,24,26-37,39-41,43H2,1-4H3/b15-13-,22-20-,25-23+,42-38+. The van der Waals surface area contributed by atoms with Gasteiger partial charge in [0.2, 0.25) is 0 Å². The molecule has 0 amide bonds. The zero-order chi connectivity index (χ0) is 32.7. The number of hydrogen-bond donors (Lipinski definition) is 0. The first-order valence-electron chi connectivity index (χ1n) is 20.5. The summed E-state index contributed by atoms with van der Waals surface area (Å²) in [6, 6.07) is 0. The second-order valence-corrected chi connectivity index (χ2v) is 14.2. The Morgan fingerprint density at radius 3 is 1.13 bits per heavy atom. The summed E-state index contributed by atoms with van der Waals surface area (Å²) in [4.78, 5) is 2.31. The largest absolute Gasteiger partial charge is 0.309 e. The average molecular weight is 626 g/mol. The summed E-state index contributed by atoms with van der Waals surface area (Å²) < 4.78 is 0. The first-order valence-corrected chi connectivity index (χ1v) is 20.5. The van der Waals surface area contributed by atoms with E-state index >= 15 is 0 Å². The van der Waals surface area contributed by atoms with Gasteiger partial charge in [-0.15, -0.1) is 0 Å². The van der Waals surface area contributed by atoms with E-state index in [2.05, 4.69) is 81.5 Å². The minimum Gasteiger partial charge on any atom is -0.309 e. The minimum atomic E-state index is 0.807. The smallest absolute Gasteiger partial charge is 0.00219 e. The molecule has 0 heterocycles. The number of rotatable bonds is 36. The monoisotopic (exact) mass is 626 g/mol. The van der Waals surface area contributed by atoms with Crippen LogP contribution in [0.4, 0.5) is 0 Å². The van der Waals surface area contributed by atoms with Crippen LogP contribution < -0.4 is 0 Å². The van der Waals surface area contributed by atoms with E-state index in [0.29, 0.717) is 0 Å².